The van der Waals surface area contributed by atoms with Crippen LogP contribution in [0.25, 0.3) is 6.08 Å². The van der Waals surface area contributed by atoms with E-state index in [1.54, 1.807) is 72.6 Å². The number of ether oxygens (including phenoxy) is 2. The molecule has 36 heavy (non-hydrogen) atoms. The normalized spacial score (nSPS) is 14.4. The van der Waals surface area contributed by atoms with Crippen LogP contribution in [0.4, 0.5) is 5.69 Å². The van der Waals surface area contributed by atoms with Crippen molar-refractivity contribution in [2.24, 2.45) is 0 Å². The number of carbonyl (C=O) groups excluding carboxylic acids is 1. The lowest BCUT2D eigenvalue weighted by Gasteiger charge is -2.16. The molecule has 0 spiro atoms. The van der Waals surface area contributed by atoms with Crippen LogP contribution in [0.5, 0.6) is 11.5 Å². The molecule has 0 atom stereocenters. The third kappa shape index (κ3) is 5.17. The lowest BCUT2D eigenvalue weighted by atomic mass is 10.1. The average molecular weight is 538 g/mol. The fourth-order valence-corrected chi connectivity index (χ4v) is 4.61. The van der Waals surface area contributed by atoms with Gasteiger partial charge in [0.1, 0.15) is 18.1 Å². The Morgan fingerprint density at radius 2 is 1.72 bits per heavy atom. The highest BCUT2D eigenvalue weighted by Crippen LogP contribution is 2.36. The summed E-state index contributed by atoms with van der Waals surface area (Å²) in [4.78, 5) is 16.4. The van der Waals surface area contributed by atoms with E-state index in [1.807, 2.05) is 13.0 Å². The maximum Gasteiger partial charge on any atom is 0.281 e. The summed E-state index contributed by atoms with van der Waals surface area (Å²) in [5.74, 6) is 0.740. The predicted octanol–water partition coefficient (Wildman–Crippen LogP) is 6.45. The van der Waals surface area contributed by atoms with Gasteiger partial charge in [0.15, 0.2) is 10.9 Å². The molecule has 1 heterocycles. The third-order valence-corrected chi connectivity index (χ3v) is 6.52. The minimum absolute atomic E-state index is 0.135. The molecule has 1 saturated heterocycles. The number of likely N-dealkylation sites (N-methyl/N-ethyl adjacent to an activating group) is 1. The highest BCUT2D eigenvalue weighted by atomic mass is 35.5. The van der Waals surface area contributed by atoms with Crippen molar-refractivity contribution in [3.63, 3.8) is 0 Å². The molecule has 1 amide bonds. The molecular weight excluding hydrogens is 517 g/mol. The summed E-state index contributed by atoms with van der Waals surface area (Å²) < 4.78 is 11.3. The SMILES string of the molecule is CCOc1ccc(N2C(=O)/C(=C/c3cc(Cl)c(OCc4ccccc4C#N)c(Cl)c3)N(C)C2=S)cc1. The predicted molar refractivity (Wildman–Crippen MR) is 145 cm³/mol. The van der Waals surface area contributed by atoms with Crippen LogP contribution < -0.4 is 14.4 Å². The summed E-state index contributed by atoms with van der Waals surface area (Å²) in [7, 11) is 1.73. The van der Waals surface area contributed by atoms with E-state index in [4.69, 9.17) is 44.9 Å². The van der Waals surface area contributed by atoms with Gasteiger partial charge in [-0.2, -0.15) is 5.26 Å². The molecule has 0 N–H and O–H groups in total. The van der Waals surface area contributed by atoms with Gasteiger partial charge in [-0.3, -0.25) is 9.69 Å². The summed E-state index contributed by atoms with van der Waals surface area (Å²) in [6, 6.07) is 19.8. The molecule has 4 rings (SSSR count). The van der Waals surface area contributed by atoms with E-state index in [2.05, 4.69) is 6.07 Å². The van der Waals surface area contributed by atoms with Crippen LogP contribution in [0, 0.1) is 11.3 Å². The Labute approximate surface area is 224 Å². The summed E-state index contributed by atoms with van der Waals surface area (Å²) in [5, 5.41) is 10.2. The van der Waals surface area contributed by atoms with Crippen molar-refractivity contribution in [3.05, 3.63) is 93.1 Å². The molecule has 3 aromatic carbocycles. The van der Waals surface area contributed by atoms with Gasteiger partial charge in [0.25, 0.3) is 5.91 Å². The zero-order chi connectivity index (χ0) is 25.8. The van der Waals surface area contributed by atoms with Gasteiger partial charge in [-0.05, 0) is 73.2 Å². The van der Waals surface area contributed by atoms with Crippen molar-refractivity contribution in [2.75, 3.05) is 18.6 Å². The summed E-state index contributed by atoms with van der Waals surface area (Å²) in [6.07, 6.45) is 1.68. The van der Waals surface area contributed by atoms with Crippen molar-refractivity contribution >= 4 is 58.2 Å². The topological polar surface area (TPSA) is 65.8 Å². The Bertz CT molecular complexity index is 1380. The van der Waals surface area contributed by atoms with Gasteiger partial charge in [-0.25, -0.2) is 0 Å². The number of hydrogen-bond donors (Lipinski definition) is 0. The molecular formula is C27H21Cl2N3O3S. The molecule has 0 unspecified atom stereocenters. The maximum absolute atomic E-state index is 13.3. The van der Waals surface area contributed by atoms with Gasteiger partial charge >= 0.3 is 0 Å². The van der Waals surface area contributed by atoms with Crippen LogP contribution in [0.2, 0.25) is 10.0 Å². The largest absolute Gasteiger partial charge is 0.494 e. The molecule has 3 aromatic rings. The lowest BCUT2D eigenvalue weighted by Crippen LogP contribution is -2.31. The second-order valence-corrected chi connectivity index (χ2v) is 8.99. The van der Waals surface area contributed by atoms with Crippen molar-refractivity contribution in [1.29, 1.82) is 5.26 Å². The highest BCUT2D eigenvalue weighted by Gasteiger charge is 2.36. The molecule has 182 valence electrons. The van der Waals surface area contributed by atoms with Crippen LogP contribution in [-0.2, 0) is 11.4 Å². The maximum atomic E-state index is 13.3. The van der Waals surface area contributed by atoms with E-state index in [0.717, 1.165) is 5.56 Å². The first kappa shape index (κ1) is 25.5. The quantitative estimate of drug-likeness (QED) is 0.255. The molecule has 0 bridgehead atoms. The van der Waals surface area contributed by atoms with Crippen molar-refractivity contribution in [2.45, 2.75) is 13.5 Å². The van der Waals surface area contributed by atoms with Crippen molar-refractivity contribution in [3.8, 4) is 17.6 Å². The number of rotatable bonds is 7. The number of hydrogen-bond acceptors (Lipinski definition) is 5. The minimum atomic E-state index is -0.271. The van der Waals surface area contributed by atoms with E-state index >= 15 is 0 Å². The third-order valence-electron chi connectivity index (χ3n) is 5.50. The Balaban J connectivity index is 1.57. The number of anilines is 1. The van der Waals surface area contributed by atoms with E-state index in [1.165, 1.54) is 4.90 Å². The molecule has 6 nitrogen and oxygen atoms in total. The first-order valence-electron chi connectivity index (χ1n) is 11.0. The van der Waals surface area contributed by atoms with Gasteiger partial charge in [0.05, 0.1) is 34.0 Å². The zero-order valence-electron chi connectivity index (χ0n) is 19.5. The zero-order valence-corrected chi connectivity index (χ0v) is 21.8. The van der Waals surface area contributed by atoms with Crippen molar-refractivity contribution in [1.82, 2.24) is 4.90 Å². The summed E-state index contributed by atoms with van der Waals surface area (Å²) >= 11 is 18.5. The monoisotopic (exact) mass is 537 g/mol. The minimum Gasteiger partial charge on any atom is -0.494 e. The fraction of sp³-hybridized carbons (Fsp3) is 0.148. The second-order valence-electron chi connectivity index (χ2n) is 7.81. The first-order chi connectivity index (χ1) is 17.3. The van der Waals surface area contributed by atoms with E-state index in [9.17, 15) is 10.1 Å². The van der Waals surface area contributed by atoms with Crippen LogP contribution in [0.3, 0.4) is 0 Å². The van der Waals surface area contributed by atoms with Gasteiger partial charge < -0.3 is 14.4 Å². The Morgan fingerprint density at radius 3 is 2.36 bits per heavy atom. The Hall–Kier alpha value is -3.57. The number of benzene rings is 3. The Morgan fingerprint density at radius 1 is 1.06 bits per heavy atom. The molecule has 9 heteroatoms. The fourth-order valence-electron chi connectivity index (χ4n) is 3.71. The molecule has 0 saturated carbocycles. The average Bonchev–Trinajstić information content (AvgIpc) is 3.07. The number of halogens is 2. The number of thiocarbonyl (C=S) groups is 1. The number of nitrogens with zero attached hydrogens (tertiary/aromatic N) is 3. The Kier molecular flexibility index (Phi) is 7.80. The number of nitriles is 1. The van der Waals surface area contributed by atoms with Crippen molar-refractivity contribution < 1.29 is 14.3 Å². The molecule has 1 fully saturated rings. The van der Waals surface area contributed by atoms with Gasteiger partial charge in [-0.15, -0.1) is 0 Å². The van der Waals surface area contributed by atoms with E-state index in [-0.39, 0.29) is 22.6 Å². The molecule has 0 radical (unpaired) electrons. The standard InChI is InChI=1S/C27H21Cl2N3O3S/c1-3-34-21-10-8-20(9-11-21)32-26(33)24(31(2)27(32)36)14-17-12-22(28)25(23(29)13-17)35-16-19-7-5-4-6-18(19)15-30/h4-14H,3,16H2,1-2H3/b24-14-. The van der Waals surface area contributed by atoms with Gasteiger partial charge in [0, 0.05) is 12.6 Å². The number of amides is 1. The van der Waals surface area contributed by atoms with Crippen LogP contribution in [-0.4, -0.2) is 29.6 Å². The molecule has 0 aliphatic carbocycles. The molecule has 0 aromatic heterocycles. The number of carbonyl (C=O) groups is 1. The van der Waals surface area contributed by atoms with Gasteiger partial charge in [-0.1, -0.05) is 41.4 Å². The second kappa shape index (κ2) is 11.0. The smallest absolute Gasteiger partial charge is 0.281 e. The van der Waals surface area contributed by atoms with E-state index in [0.29, 0.717) is 45.7 Å². The van der Waals surface area contributed by atoms with Crippen LogP contribution in [0.15, 0.2) is 66.4 Å². The molecule has 1 aliphatic heterocycles. The molecule has 1 aliphatic rings. The highest BCUT2D eigenvalue weighted by molar-refractivity contribution is 7.80. The summed E-state index contributed by atoms with van der Waals surface area (Å²) in [5.41, 5.74) is 2.86. The first-order valence-corrected chi connectivity index (χ1v) is 12.2. The van der Waals surface area contributed by atoms with Gasteiger partial charge in [0.2, 0.25) is 0 Å². The van der Waals surface area contributed by atoms with Crippen LogP contribution >= 0.6 is 35.4 Å². The van der Waals surface area contributed by atoms with E-state index < -0.39 is 0 Å². The lowest BCUT2D eigenvalue weighted by molar-refractivity contribution is -0.114. The summed E-state index contributed by atoms with van der Waals surface area (Å²) in [6.45, 7) is 2.60. The van der Waals surface area contributed by atoms with Crippen LogP contribution in [0.1, 0.15) is 23.6 Å².